The van der Waals surface area contributed by atoms with Crippen LogP contribution in [0.2, 0.25) is 0 Å². The minimum atomic E-state index is -3.45. The van der Waals surface area contributed by atoms with E-state index in [4.69, 9.17) is 15.2 Å². The minimum absolute atomic E-state index is 0.0406. The number of rotatable bonds is 7. The number of ketones is 1. The highest BCUT2D eigenvalue weighted by Crippen LogP contribution is 2.37. The molecule has 3 N–H and O–H groups in total. The number of aromatic amines is 1. The number of H-pyrrole nitrogens is 1. The van der Waals surface area contributed by atoms with Crippen LogP contribution >= 0.6 is 0 Å². The summed E-state index contributed by atoms with van der Waals surface area (Å²) in [4.78, 5) is 20.7. The average Bonchev–Trinajstić information content (AvgIpc) is 3.65. The number of aromatic nitrogens is 4. The van der Waals surface area contributed by atoms with Crippen molar-refractivity contribution in [3.05, 3.63) is 83.3 Å². The number of benzene rings is 2. The SMILES string of the molecule is COc1cc2cc(C(=O)c3cnn(-c4cnc(Oc5c(F)cccc5F)cc4C)c3N)[nH]c2cc1N1CCCS1(=O)=O. The van der Waals surface area contributed by atoms with Crippen LogP contribution in [0.3, 0.4) is 0 Å². The molecule has 1 aliphatic rings. The Kier molecular flexibility index (Phi) is 6.56. The van der Waals surface area contributed by atoms with Gasteiger partial charge in [-0.2, -0.15) is 5.10 Å². The van der Waals surface area contributed by atoms with E-state index in [0.717, 1.165) is 12.1 Å². The number of carbonyl (C=O) groups is 1. The number of ether oxygens (including phenoxy) is 2. The van der Waals surface area contributed by atoms with Crippen molar-refractivity contribution in [3.8, 4) is 23.1 Å². The van der Waals surface area contributed by atoms with Gasteiger partial charge in [-0.3, -0.25) is 9.10 Å². The summed E-state index contributed by atoms with van der Waals surface area (Å²) in [6, 6.07) is 9.78. The molecule has 0 unspecified atom stereocenters. The normalized spacial score (nSPS) is 14.4. The van der Waals surface area contributed by atoms with Gasteiger partial charge >= 0.3 is 0 Å². The van der Waals surface area contributed by atoms with E-state index in [0.29, 0.717) is 46.6 Å². The average molecular weight is 595 g/mol. The zero-order valence-electron chi connectivity index (χ0n) is 22.4. The lowest BCUT2D eigenvalue weighted by Gasteiger charge is -2.19. The molecule has 3 aromatic heterocycles. The van der Waals surface area contributed by atoms with E-state index in [-0.39, 0.29) is 28.7 Å². The van der Waals surface area contributed by atoms with Gasteiger partial charge in [-0.1, -0.05) is 6.07 Å². The molecule has 5 aromatic rings. The lowest BCUT2D eigenvalue weighted by molar-refractivity contribution is 0.103. The number of hydrogen-bond donors (Lipinski definition) is 2. The molecular weight excluding hydrogens is 570 g/mol. The second-order valence-electron chi connectivity index (χ2n) is 9.68. The highest BCUT2D eigenvalue weighted by molar-refractivity contribution is 7.93. The molecule has 0 radical (unpaired) electrons. The number of para-hydroxylation sites is 1. The Morgan fingerprint density at radius 1 is 1.10 bits per heavy atom. The third kappa shape index (κ3) is 4.59. The van der Waals surface area contributed by atoms with Crippen LogP contribution in [-0.2, 0) is 10.0 Å². The van der Waals surface area contributed by atoms with Crippen LogP contribution in [0, 0.1) is 18.6 Å². The van der Waals surface area contributed by atoms with E-state index in [1.54, 1.807) is 25.1 Å². The number of nitrogens with zero attached hydrogens (tertiary/aromatic N) is 4. The van der Waals surface area contributed by atoms with E-state index in [9.17, 15) is 22.0 Å². The zero-order chi connectivity index (χ0) is 29.8. The summed E-state index contributed by atoms with van der Waals surface area (Å²) in [7, 11) is -2.00. The second-order valence-corrected chi connectivity index (χ2v) is 11.7. The van der Waals surface area contributed by atoms with E-state index in [1.165, 1.54) is 40.6 Å². The number of fused-ring (bicyclic) bond motifs is 1. The predicted octanol–water partition coefficient (Wildman–Crippen LogP) is 4.49. The Morgan fingerprint density at radius 2 is 1.86 bits per heavy atom. The molecule has 216 valence electrons. The van der Waals surface area contributed by atoms with Crippen molar-refractivity contribution in [2.45, 2.75) is 13.3 Å². The van der Waals surface area contributed by atoms with Crippen LogP contribution in [0.4, 0.5) is 20.3 Å². The van der Waals surface area contributed by atoms with Crippen LogP contribution in [0.15, 0.2) is 54.9 Å². The summed E-state index contributed by atoms with van der Waals surface area (Å²) in [5, 5.41) is 4.90. The number of halogens is 2. The maximum absolute atomic E-state index is 14.0. The van der Waals surface area contributed by atoms with Gasteiger partial charge in [0, 0.05) is 23.5 Å². The van der Waals surface area contributed by atoms with Crippen molar-refractivity contribution in [1.29, 1.82) is 0 Å². The number of aryl methyl sites for hydroxylation is 1. The molecule has 4 heterocycles. The molecule has 0 aliphatic carbocycles. The smallest absolute Gasteiger partial charge is 0.235 e. The first-order valence-corrected chi connectivity index (χ1v) is 14.4. The number of hydrogen-bond acceptors (Lipinski definition) is 8. The van der Waals surface area contributed by atoms with Crippen LogP contribution < -0.4 is 19.5 Å². The number of methoxy groups -OCH3 is 1. The van der Waals surface area contributed by atoms with Gasteiger partial charge in [0.25, 0.3) is 0 Å². The van der Waals surface area contributed by atoms with Crippen molar-refractivity contribution in [3.63, 3.8) is 0 Å². The van der Waals surface area contributed by atoms with E-state index >= 15 is 0 Å². The second kappa shape index (κ2) is 10.1. The molecule has 0 amide bonds. The molecule has 0 bridgehead atoms. The van der Waals surface area contributed by atoms with Gasteiger partial charge in [0.2, 0.25) is 27.4 Å². The molecular formula is C28H24F2N6O5S. The Bertz CT molecular complexity index is 1970. The minimum Gasteiger partial charge on any atom is -0.495 e. The molecule has 11 nitrogen and oxygen atoms in total. The first kappa shape index (κ1) is 27.2. The molecule has 42 heavy (non-hydrogen) atoms. The number of sulfonamides is 1. The molecule has 1 fully saturated rings. The van der Waals surface area contributed by atoms with Gasteiger partial charge < -0.3 is 20.2 Å². The van der Waals surface area contributed by atoms with Gasteiger partial charge in [-0.05, 0) is 49.2 Å². The molecule has 0 spiro atoms. The predicted molar refractivity (Wildman–Crippen MR) is 151 cm³/mol. The molecule has 1 aliphatic heterocycles. The third-order valence-corrected chi connectivity index (χ3v) is 8.85. The van der Waals surface area contributed by atoms with Gasteiger partial charge in [0.15, 0.2) is 11.6 Å². The van der Waals surface area contributed by atoms with E-state index in [2.05, 4.69) is 15.1 Å². The summed E-state index contributed by atoms with van der Waals surface area (Å²) in [6.45, 7) is 2.04. The molecule has 2 aromatic carbocycles. The van der Waals surface area contributed by atoms with Crippen molar-refractivity contribution in [2.75, 3.05) is 29.4 Å². The Morgan fingerprint density at radius 3 is 2.52 bits per heavy atom. The maximum atomic E-state index is 14.0. The molecule has 0 atom stereocenters. The van der Waals surface area contributed by atoms with Crippen LogP contribution in [0.1, 0.15) is 28.0 Å². The highest BCUT2D eigenvalue weighted by atomic mass is 32.2. The number of pyridine rings is 1. The number of carbonyl (C=O) groups excluding carboxylic acids is 1. The molecule has 1 saturated heterocycles. The van der Waals surface area contributed by atoms with Crippen molar-refractivity contribution in [2.24, 2.45) is 0 Å². The molecule has 0 saturated carbocycles. The van der Waals surface area contributed by atoms with Crippen molar-refractivity contribution >= 4 is 38.2 Å². The summed E-state index contributed by atoms with van der Waals surface area (Å²) in [5.41, 5.74) is 8.59. The highest BCUT2D eigenvalue weighted by Gasteiger charge is 2.31. The maximum Gasteiger partial charge on any atom is 0.235 e. The zero-order valence-corrected chi connectivity index (χ0v) is 23.2. The summed E-state index contributed by atoms with van der Waals surface area (Å²) >= 11 is 0. The fourth-order valence-corrected chi connectivity index (χ4v) is 6.46. The number of nitrogens with one attached hydrogen (secondary N) is 1. The third-order valence-electron chi connectivity index (χ3n) is 7.00. The van der Waals surface area contributed by atoms with Crippen LogP contribution in [-0.4, -0.2) is 53.4 Å². The topological polar surface area (TPSA) is 145 Å². The van der Waals surface area contributed by atoms with Gasteiger partial charge in [-0.25, -0.2) is 26.9 Å². The Labute approximate surface area is 238 Å². The van der Waals surface area contributed by atoms with Gasteiger partial charge in [0.1, 0.15) is 11.6 Å². The molecule has 6 rings (SSSR count). The largest absolute Gasteiger partial charge is 0.495 e. The standard InChI is InChI=1S/C28H24F2N6O5S/c1-15-9-25(41-27-18(29)5-3-6-19(27)30)32-14-23(15)36-28(31)17(13-33-36)26(37)21-10-16-11-24(40-2)22(12-20(16)34-21)35-7-4-8-42(35,38)39/h3,5-6,9-14,34H,4,7-8,31H2,1-2H3. The van der Waals surface area contributed by atoms with Gasteiger partial charge in [0.05, 0.1) is 47.9 Å². The lowest BCUT2D eigenvalue weighted by Crippen LogP contribution is -2.25. The van der Waals surface area contributed by atoms with Crippen LogP contribution in [0.25, 0.3) is 16.6 Å². The van der Waals surface area contributed by atoms with Crippen LogP contribution in [0.5, 0.6) is 17.4 Å². The van der Waals surface area contributed by atoms with E-state index in [1.807, 2.05) is 0 Å². The van der Waals surface area contributed by atoms with Crippen molar-refractivity contribution < 1.29 is 31.5 Å². The van der Waals surface area contributed by atoms with Crippen molar-refractivity contribution in [1.82, 2.24) is 19.7 Å². The molecule has 14 heteroatoms. The summed E-state index contributed by atoms with van der Waals surface area (Å²) in [5.74, 6) is -2.34. The Balaban J connectivity index is 1.30. The summed E-state index contributed by atoms with van der Waals surface area (Å²) < 4.78 is 66.4. The number of anilines is 2. The Hall–Kier alpha value is -4.98. The first-order valence-electron chi connectivity index (χ1n) is 12.8. The van der Waals surface area contributed by atoms with E-state index < -0.39 is 33.2 Å². The number of nitrogen functional groups attached to an aromatic ring is 1. The summed E-state index contributed by atoms with van der Waals surface area (Å²) in [6.07, 6.45) is 3.20. The quantitative estimate of drug-likeness (QED) is 0.262. The fraction of sp³-hybridized carbons (Fsp3) is 0.179. The fourth-order valence-electron chi connectivity index (χ4n) is 4.89. The van der Waals surface area contributed by atoms with Gasteiger partial charge in [-0.15, -0.1) is 0 Å². The monoisotopic (exact) mass is 594 g/mol. The first-order chi connectivity index (χ1) is 20.1. The number of nitrogens with two attached hydrogens (primary N) is 1. The lowest BCUT2D eigenvalue weighted by atomic mass is 10.1.